The second-order valence-corrected chi connectivity index (χ2v) is 10.4. The first-order valence-corrected chi connectivity index (χ1v) is 13.0. The smallest absolute Gasteiger partial charge is 0.290 e. The van der Waals surface area contributed by atoms with Crippen molar-refractivity contribution in [1.29, 1.82) is 0 Å². The van der Waals surface area contributed by atoms with Gasteiger partial charge in [0.15, 0.2) is 5.76 Å². The summed E-state index contributed by atoms with van der Waals surface area (Å²) in [6.45, 7) is 6.26. The van der Waals surface area contributed by atoms with E-state index < -0.39 is 22.0 Å². The molecule has 35 heavy (non-hydrogen) atoms. The predicted molar refractivity (Wildman–Crippen MR) is 132 cm³/mol. The minimum Gasteiger partial charge on any atom is -0.459 e. The zero-order chi connectivity index (χ0) is 25.2. The molecule has 2 heterocycles. The first-order valence-electron chi connectivity index (χ1n) is 11.6. The van der Waals surface area contributed by atoms with Crippen LogP contribution >= 0.6 is 0 Å². The Bertz CT molecular complexity index is 1330. The van der Waals surface area contributed by atoms with E-state index in [0.717, 1.165) is 11.1 Å². The number of fused-ring (bicyclic) bond motifs is 1. The number of aryl methyl sites for hydroxylation is 1. The maximum absolute atomic E-state index is 13.5. The summed E-state index contributed by atoms with van der Waals surface area (Å²) in [5.41, 5.74) is 2.91. The molecule has 0 bridgehead atoms. The van der Waals surface area contributed by atoms with E-state index in [9.17, 15) is 18.0 Å². The van der Waals surface area contributed by atoms with Crippen molar-refractivity contribution in [3.05, 3.63) is 83.3 Å². The number of amides is 2. The molecular weight excluding hydrogens is 466 g/mol. The molecule has 2 aromatic carbocycles. The molecule has 0 spiro atoms. The lowest BCUT2D eigenvalue weighted by atomic mass is 9.93. The zero-order valence-electron chi connectivity index (χ0n) is 20.0. The summed E-state index contributed by atoms with van der Waals surface area (Å²) in [5.74, 6) is -0.613. The molecule has 0 radical (unpaired) electrons. The lowest BCUT2D eigenvalue weighted by Gasteiger charge is -2.35. The summed E-state index contributed by atoms with van der Waals surface area (Å²) in [6, 6.07) is 14.9. The number of nitrogens with one attached hydrogen (secondary N) is 1. The van der Waals surface area contributed by atoms with Gasteiger partial charge in [0.2, 0.25) is 15.9 Å². The Morgan fingerprint density at radius 1 is 1.06 bits per heavy atom. The standard InChI is InChI=1S/C26H29N3O5S/c1-4-28(5-2)35(32,33)24-16-21(13-12-18(24)3)27-25(30)22-15-19-9-6-7-10-20(19)17-29(22)26(31)23-11-8-14-34-23/h6-14,16,22H,4-5,15,17H2,1-3H3,(H,27,30). The van der Waals surface area contributed by atoms with Gasteiger partial charge in [-0.25, -0.2) is 8.42 Å². The second-order valence-electron chi connectivity index (χ2n) is 8.46. The van der Waals surface area contributed by atoms with Crippen LogP contribution in [-0.4, -0.2) is 48.6 Å². The number of sulfonamides is 1. The normalized spacial score (nSPS) is 15.7. The molecule has 1 atom stereocenters. The van der Waals surface area contributed by atoms with Crippen molar-refractivity contribution >= 4 is 27.5 Å². The fraction of sp³-hybridized carbons (Fsp3) is 0.308. The lowest BCUT2D eigenvalue weighted by molar-refractivity contribution is -0.121. The third kappa shape index (κ3) is 4.87. The van der Waals surface area contributed by atoms with Crippen LogP contribution < -0.4 is 5.32 Å². The Morgan fingerprint density at radius 3 is 2.43 bits per heavy atom. The topological polar surface area (TPSA) is 99.9 Å². The molecule has 1 aliphatic rings. The summed E-state index contributed by atoms with van der Waals surface area (Å²) in [4.78, 5) is 28.3. The van der Waals surface area contributed by atoms with E-state index in [1.807, 2.05) is 24.3 Å². The Morgan fingerprint density at radius 2 is 1.77 bits per heavy atom. The quantitative estimate of drug-likeness (QED) is 0.537. The van der Waals surface area contributed by atoms with Crippen LogP contribution in [0.1, 0.15) is 41.1 Å². The molecule has 0 saturated carbocycles. The Balaban J connectivity index is 1.64. The molecule has 184 valence electrons. The Labute approximate surface area is 205 Å². The van der Waals surface area contributed by atoms with E-state index in [-0.39, 0.29) is 23.1 Å². The van der Waals surface area contributed by atoms with Crippen LogP contribution in [0.25, 0.3) is 0 Å². The molecule has 3 aromatic rings. The van der Waals surface area contributed by atoms with E-state index in [1.165, 1.54) is 21.5 Å². The van der Waals surface area contributed by atoms with Crippen molar-refractivity contribution in [1.82, 2.24) is 9.21 Å². The molecule has 2 amide bonds. The molecule has 0 fully saturated rings. The predicted octanol–water partition coefficient (Wildman–Crippen LogP) is 3.82. The number of hydrogen-bond acceptors (Lipinski definition) is 5. The molecule has 8 nitrogen and oxygen atoms in total. The van der Waals surface area contributed by atoms with Gasteiger partial charge in [-0.1, -0.05) is 44.2 Å². The molecule has 1 unspecified atom stereocenters. The first-order chi connectivity index (χ1) is 16.8. The Hall–Kier alpha value is -3.43. The van der Waals surface area contributed by atoms with Gasteiger partial charge >= 0.3 is 0 Å². The molecule has 1 aromatic heterocycles. The number of furan rings is 1. The highest BCUT2D eigenvalue weighted by Gasteiger charge is 2.36. The molecule has 0 aliphatic carbocycles. The third-order valence-corrected chi connectivity index (χ3v) is 8.51. The Kier molecular flexibility index (Phi) is 7.09. The first kappa shape index (κ1) is 24.7. The van der Waals surface area contributed by atoms with Gasteiger partial charge in [0.25, 0.3) is 5.91 Å². The minimum absolute atomic E-state index is 0.150. The third-order valence-electron chi connectivity index (χ3n) is 6.32. The number of rotatable bonds is 7. The minimum atomic E-state index is -3.70. The van der Waals surface area contributed by atoms with Gasteiger partial charge in [0, 0.05) is 31.7 Å². The van der Waals surface area contributed by atoms with Crippen LogP contribution in [0.4, 0.5) is 5.69 Å². The van der Waals surface area contributed by atoms with E-state index >= 15 is 0 Å². The van der Waals surface area contributed by atoms with E-state index in [2.05, 4.69) is 5.32 Å². The monoisotopic (exact) mass is 495 g/mol. The lowest BCUT2D eigenvalue weighted by Crippen LogP contribution is -2.50. The summed E-state index contributed by atoms with van der Waals surface area (Å²) in [5, 5.41) is 2.84. The number of nitrogens with zero attached hydrogens (tertiary/aromatic N) is 2. The summed E-state index contributed by atoms with van der Waals surface area (Å²) >= 11 is 0. The maximum Gasteiger partial charge on any atom is 0.290 e. The van der Waals surface area contributed by atoms with Crippen LogP contribution in [-0.2, 0) is 27.8 Å². The van der Waals surface area contributed by atoms with Gasteiger partial charge in [-0.05, 0) is 47.9 Å². The van der Waals surface area contributed by atoms with Gasteiger partial charge < -0.3 is 14.6 Å². The van der Waals surface area contributed by atoms with Crippen molar-refractivity contribution in [2.24, 2.45) is 0 Å². The molecule has 0 saturated heterocycles. The van der Waals surface area contributed by atoms with Crippen LogP contribution in [0, 0.1) is 6.92 Å². The molecule has 9 heteroatoms. The van der Waals surface area contributed by atoms with Crippen molar-refractivity contribution in [3.63, 3.8) is 0 Å². The summed E-state index contributed by atoms with van der Waals surface area (Å²) in [7, 11) is -3.70. The van der Waals surface area contributed by atoms with Crippen LogP contribution in [0.15, 0.2) is 70.2 Å². The highest BCUT2D eigenvalue weighted by Crippen LogP contribution is 2.28. The highest BCUT2D eigenvalue weighted by molar-refractivity contribution is 7.89. The van der Waals surface area contributed by atoms with Crippen molar-refractivity contribution in [2.45, 2.75) is 44.7 Å². The van der Waals surface area contributed by atoms with E-state index in [0.29, 0.717) is 30.8 Å². The summed E-state index contributed by atoms with van der Waals surface area (Å²) in [6.07, 6.45) is 1.76. The van der Waals surface area contributed by atoms with Gasteiger partial charge in [0.1, 0.15) is 6.04 Å². The number of carbonyl (C=O) groups excluding carboxylic acids is 2. The van der Waals surface area contributed by atoms with Crippen molar-refractivity contribution in [2.75, 3.05) is 18.4 Å². The fourth-order valence-corrected chi connectivity index (χ4v) is 6.11. The largest absolute Gasteiger partial charge is 0.459 e. The molecule has 1 aliphatic heterocycles. The van der Waals surface area contributed by atoms with Gasteiger partial charge in [-0.15, -0.1) is 0 Å². The number of anilines is 1. The number of benzene rings is 2. The number of carbonyl (C=O) groups is 2. The van der Waals surface area contributed by atoms with E-state index in [1.54, 1.807) is 45.0 Å². The molecular formula is C26H29N3O5S. The second kappa shape index (κ2) is 10.1. The van der Waals surface area contributed by atoms with Gasteiger partial charge in [-0.3, -0.25) is 9.59 Å². The van der Waals surface area contributed by atoms with Gasteiger partial charge in [0.05, 0.1) is 11.2 Å². The number of hydrogen-bond donors (Lipinski definition) is 1. The van der Waals surface area contributed by atoms with Crippen molar-refractivity contribution < 1.29 is 22.4 Å². The highest BCUT2D eigenvalue weighted by atomic mass is 32.2. The van der Waals surface area contributed by atoms with Crippen molar-refractivity contribution in [3.8, 4) is 0 Å². The SMILES string of the molecule is CCN(CC)S(=O)(=O)c1cc(NC(=O)C2Cc3ccccc3CN2C(=O)c2ccco2)ccc1C. The fourth-order valence-electron chi connectivity index (χ4n) is 4.40. The molecule has 1 N–H and O–H groups in total. The zero-order valence-corrected chi connectivity index (χ0v) is 20.8. The van der Waals surface area contributed by atoms with Crippen LogP contribution in [0.2, 0.25) is 0 Å². The average molecular weight is 496 g/mol. The van der Waals surface area contributed by atoms with Gasteiger partial charge in [-0.2, -0.15) is 4.31 Å². The molecule has 4 rings (SSSR count). The average Bonchev–Trinajstić information content (AvgIpc) is 3.39. The summed E-state index contributed by atoms with van der Waals surface area (Å²) < 4.78 is 32.9. The van der Waals surface area contributed by atoms with Crippen LogP contribution in [0.3, 0.4) is 0 Å². The van der Waals surface area contributed by atoms with Crippen LogP contribution in [0.5, 0.6) is 0 Å². The maximum atomic E-state index is 13.5. The van der Waals surface area contributed by atoms with E-state index in [4.69, 9.17) is 4.42 Å².